The van der Waals surface area contributed by atoms with Gasteiger partial charge in [0.15, 0.2) is 0 Å². The summed E-state index contributed by atoms with van der Waals surface area (Å²) >= 11 is 0. The highest BCUT2D eigenvalue weighted by Gasteiger charge is 2.36. The number of nitrogens with zero attached hydrogens (tertiary/aromatic N) is 1. The highest BCUT2D eigenvalue weighted by Crippen LogP contribution is 2.36. The Morgan fingerprint density at radius 3 is 2.55 bits per heavy atom. The predicted molar refractivity (Wildman–Crippen MR) is 76.3 cm³/mol. The highest BCUT2D eigenvalue weighted by molar-refractivity contribution is 5.78. The maximum absolute atomic E-state index is 13.0. The summed E-state index contributed by atoms with van der Waals surface area (Å²) in [6.07, 6.45) is -2.60. The van der Waals surface area contributed by atoms with Crippen molar-refractivity contribution in [2.75, 3.05) is 13.2 Å². The molecule has 1 N–H and O–H groups in total. The van der Waals surface area contributed by atoms with Gasteiger partial charge >= 0.3 is 6.18 Å². The summed E-state index contributed by atoms with van der Waals surface area (Å²) in [5.41, 5.74) is -0.543. The Bertz CT molecular complexity index is 526. The number of rotatable bonds is 6. The quantitative estimate of drug-likeness (QED) is 0.876. The molecule has 2 rings (SSSR count). The van der Waals surface area contributed by atoms with E-state index < -0.39 is 17.7 Å². The number of aliphatic hydroxyl groups is 1. The molecule has 0 radical (unpaired) electrons. The predicted octanol–water partition coefficient (Wildman–Crippen LogP) is 3.18. The molecule has 0 aliphatic heterocycles. The van der Waals surface area contributed by atoms with Gasteiger partial charge in [0.05, 0.1) is 12.2 Å². The molecule has 1 saturated carbocycles. The first-order valence-electron chi connectivity index (χ1n) is 7.41. The average molecular weight is 315 g/mol. The van der Waals surface area contributed by atoms with Crippen molar-refractivity contribution in [3.63, 3.8) is 0 Å². The second kappa shape index (κ2) is 6.69. The molecule has 1 unspecified atom stereocenters. The largest absolute Gasteiger partial charge is 0.416 e. The van der Waals surface area contributed by atoms with Gasteiger partial charge in [-0.3, -0.25) is 4.79 Å². The minimum Gasteiger partial charge on any atom is -0.395 e. The summed E-state index contributed by atoms with van der Waals surface area (Å²) in [7, 11) is 0. The van der Waals surface area contributed by atoms with E-state index >= 15 is 0 Å². The fourth-order valence-electron chi connectivity index (χ4n) is 2.68. The molecular formula is C16H20F3NO2. The van der Waals surface area contributed by atoms with E-state index in [0.717, 1.165) is 18.9 Å². The molecule has 1 amide bonds. The van der Waals surface area contributed by atoms with Crippen molar-refractivity contribution in [1.29, 1.82) is 0 Å². The van der Waals surface area contributed by atoms with Crippen LogP contribution in [0.15, 0.2) is 24.3 Å². The maximum atomic E-state index is 13.0. The molecule has 1 aromatic rings. The van der Waals surface area contributed by atoms with Crippen LogP contribution in [0.2, 0.25) is 0 Å². The van der Waals surface area contributed by atoms with E-state index in [1.165, 1.54) is 12.1 Å². The van der Waals surface area contributed by atoms with E-state index in [4.69, 9.17) is 5.11 Å². The van der Waals surface area contributed by atoms with Crippen LogP contribution in [0.25, 0.3) is 0 Å². The summed E-state index contributed by atoms with van der Waals surface area (Å²) in [5, 5.41) is 9.02. The summed E-state index contributed by atoms with van der Waals surface area (Å²) in [5.74, 6) is -0.716. The van der Waals surface area contributed by atoms with Gasteiger partial charge in [-0.25, -0.2) is 0 Å². The second-order valence-electron chi connectivity index (χ2n) is 5.73. The molecule has 1 atom stereocenters. The smallest absolute Gasteiger partial charge is 0.395 e. The van der Waals surface area contributed by atoms with Gasteiger partial charge in [-0.05, 0) is 30.4 Å². The van der Waals surface area contributed by atoms with E-state index in [1.54, 1.807) is 17.9 Å². The van der Waals surface area contributed by atoms with Crippen LogP contribution in [0.3, 0.4) is 0 Å². The zero-order valence-electron chi connectivity index (χ0n) is 12.4. The number of benzene rings is 1. The fourth-order valence-corrected chi connectivity index (χ4v) is 2.68. The van der Waals surface area contributed by atoms with E-state index in [0.29, 0.717) is 0 Å². The van der Waals surface area contributed by atoms with Crippen LogP contribution in [0.1, 0.15) is 43.2 Å². The first-order chi connectivity index (χ1) is 10.3. The molecule has 0 aromatic heterocycles. The molecule has 1 fully saturated rings. The van der Waals surface area contributed by atoms with Crippen LogP contribution in [0.4, 0.5) is 13.2 Å². The van der Waals surface area contributed by atoms with Crippen molar-refractivity contribution in [1.82, 2.24) is 4.90 Å². The van der Waals surface area contributed by atoms with Gasteiger partial charge in [0.1, 0.15) is 0 Å². The van der Waals surface area contributed by atoms with E-state index in [1.807, 2.05) is 0 Å². The van der Waals surface area contributed by atoms with Crippen LogP contribution in [0.5, 0.6) is 0 Å². The summed E-state index contributed by atoms with van der Waals surface area (Å²) in [6.45, 7) is 1.75. The topological polar surface area (TPSA) is 40.5 Å². The van der Waals surface area contributed by atoms with Crippen molar-refractivity contribution in [3.8, 4) is 0 Å². The monoisotopic (exact) mass is 315 g/mol. The molecule has 6 heteroatoms. The molecule has 0 bridgehead atoms. The Morgan fingerprint density at radius 2 is 2.00 bits per heavy atom. The highest BCUT2D eigenvalue weighted by atomic mass is 19.4. The number of alkyl halides is 3. The average Bonchev–Trinajstić information content (AvgIpc) is 3.28. The zero-order chi connectivity index (χ0) is 16.3. The van der Waals surface area contributed by atoms with Crippen molar-refractivity contribution >= 4 is 5.91 Å². The van der Waals surface area contributed by atoms with Gasteiger partial charge in [-0.2, -0.15) is 13.2 Å². The Morgan fingerprint density at radius 1 is 1.36 bits per heavy atom. The second-order valence-corrected chi connectivity index (χ2v) is 5.73. The third-order valence-corrected chi connectivity index (χ3v) is 3.93. The van der Waals surface area contributed by atoms with Crippen molar-refractivity contribution < 1.29 is 23.1 Å². The van der Waals surface area contributed by atoms with E-state index in [2.05, 4.69) is 0 Å². The molecule has 0 heterocycles. The number of halogens is 3. The maximum Gasteiger partial charge on any atom is 0.416 e. The van der Waals surface area contributed by atoms with Crippen LogP contribution >= 0.6 is 0 Å². The molecule has 122 valence electrons. The summed E-state index contributed by atoms with van der Waals surface area (Å²) < 4.78 is 39.1. The lowest BCUT2D eigenvalue weighted by Gasteiger charge is -2.24. The molecule has 1 aliphatic rings. The van der Waals surface area contributed by atoms with Crippen molar-refractivity contribution in [2.45, 2.75) is 44.3 Å². The standard InChI is InChI=1S/C16H20F3NO2/c1-11(10-15(22)20(8-9-21)12-6-7-12)13-4-2-3-5-14(13)16(17,18)19/h2-5,11-12,21H,6-10H2,1H3. The zero-order valence-corrected chi connectivity index (χ0v) is 12.4. The van der Waals surface area contributed by atoms with Crippen LogP contribution < -0.4 is 0 Å². The first-order valence-corrected chi connectivity index (χ1v) is 7.41. The third kappa shape index (κ3) is 4.00. The van der Waals surface area contributed by atoms with E-state index in [-0.39, 0.29) is 37.1 Å². The Kier molecular flexibility index (Phi) is 5.11. The minimum atomic E-state index is -4.42. The number of carbonyl (C=O) groups excluding carboxylic acids is 1. The number of hydrogen-bond acceptors (Lipinski definition) is 2. The fraction of sp³-hybridized carbons (Fsp3) is 0.562. The lowest BCUT2D eigenvalue weighted by atomic mass is 9.92. The molecule has 0 saturated heterocycles. The number of aliphatic hydroxyl groups excluding tert-OH is 1. The van der Waals surface area contributed by atoms with Crippen molar-refractivity contribution in [2.24, 2.45) is 0 Å². The van der Waals surface area contributed by atoms with E-state index in [9.17, 15) is 18.0 Å². The molecule has 1 aliphatic carbocycles. The molecule has 0 spiro atoms. The molecular weight excluding hydrogens is 295 g/mol. The van der Waals surface area contributed by atoms with Crippen LogP contribution in [0, 0.1) is 0 Å². The number of hydrogen-bond donors (Lipinski definition) is 1. The molecule has 22 heavy (non-hydrogen) atoms. The summed E-state index contributed by atoms with van der Waals surface area (Å²) in [6, 6.07) is 5.52. The number of carbonyl (C=O) groups is 1. The number of amides is 1. The normalized spacial score (nSPS) is 16.4. The third-order valence-electron chi connectivity index (χ3n) is 3.93. The van der Waals surface area contributed by atoms with Gasteiger partial charge < -0.3 is 10.0 Å². The van der Waals surface area contributed by atoms with Gasteiger partial charge in [0.25, 0.3) is 0 Å². The van der Waals surface area contributed by atoms with Gasteiger partial charge in [0, 0.05) is 19.0 Å². The molecule has 3 nitrogen and oxygen atoms in total. The Hall–Kier alpha value is -1.56. The minimum absolute atomic E-state index is 0.0175. The van der Waals surface area contributed by atoms with Crippen LogP contribution in [-0.2, 0) is 11.0 Å². The Balaban J connectivity index is 2.12. The van der Waals surface area contributed by atoms with Crippen molar-refractivity contribution in [3.05, 3.63) is 35.4 Å². The SMILES string of the molecule is CC(CC(=O)N(CCO)C1CC1)c1ccccc1C(F)(F)F. The Labute approximate surface area is 127 Å². The lowest BCUT2D eigenvalue weighted by Crippen LogP contribution is -2.36. The lowest BCUT2D eigenvalue weighted by molar-refractivity contribution is -0.139. The van der Waals surface area contributed by atoms with Gasteiger partial charge in [-0.15, -0.1) is 0 Å². The first kappa shape index (κ1) is 16.8. The molecule has 1 aromatic carbocycles. The van der Waals surface area contributed by atoms with Gasteiger partial charge in [-0.1, -0.05) is 25.1 Å². The van der Waals surface area contributed by atoms with Gasteiger partial charge in [0.2, 0.25) is 5.91 Å². The summed E-state index contributed by atoms with van der Waals surface area (Å²) in [4.78, 5) is 13.9. The van der Waals surface area contributed by atoms with Crippen LogP contribution in [-0.4, -0.2) is 35.1 Å².